The quantitative estimate of drug-likeness (QED) is 0.0262. The van der Waals surface area contributed by atoms with Crippen LogP contribution in [0.1, 0.15) is 271 Å². The second-order valence-electron chi connectivity index (χ2n) is 18.1. The molecule has 0 aromatic heterocycles. The minimum atomic E-state index is -0.798. The molecule has 0 aliphatic carbocycles. The van der Waals surface area contributed by atoms with Crippen molar-refractivity contribution in [3.05, 3.63) is 60.8 Å². The van der Waals surface area contributed by atoms with E-state index < -0.39 is 6.10 Å². The number of ether oxygens (including phenoxy) is 3. The number of carbonyl (C=O) groups is 3. The summed E-state index contributed by atoms with van der Waals surface area (Å²) < 4.78 is 16.8. The highest BCUT2D eigenvalue weighted by Gasteiger charge is 2.19. The molecular formula is C58H102O6. The van der Waals surface area contributed by atoms with E-state index in [1.807, 2.05) is 0 Å². The monoisotopic (exact) mass is 895 g/mol. The molecule has 0 aliphatic heterocycles. The SMILES string of the molecule is CCCCC/C=C\C/C=C\C/C=C\C/C=C\CCCC(=O)OC[C@@H](COC(=O)CCCCCCCCCCCCCCC)OC(=O)CCCCCCC/C=C\CCCCCCCCC. The Morgan fingerprint density at radius 2 is 0.578 bits per heavy atom. The molecule has 0 aromatic carbocycles. The molecule has 0 saturated carbocycles. The van der Waals surface area contributed by atoms with Gasteiger partial charge in [0, 0.05) is 19.3 Å². The minimum absolute atomic E-state index is 0.0923. The van der Waals surface area contributed by atoms with E-state index in [9.17, 15) is 14.4 Å². The molecule has 0 rings (SSSR count). The molecule has 0 aromatic rings. The maximum atomic E-state index is 12.8. The smallest absolute Gasteiger partial charge is 0.306 e. The maximum absolute atomic E-state index is 12.8. The first-order valence-electron chi connectivity index (χ1n) is 27.3. The summed E-state index contributed by atoms with van der Waals surface area (Å²) in [5, 5.41) is 0. The molecule has 0 heterocycles. The van der Waals surface area contributed by atoms with Crippen LogP contribution in [0.3, 0.4) is 0 Å². The number of rotatable bonds is 49. The molecule has 1 atom stereocenters. The van der Waals surface area contributed by atoms with E-state index in [1.165, 1.54) is 148 Å². The van der Waals surface area contributed by atoms with Gasteiger partial charge in [-0.2, -0.15) is 0 Å². The van der Waals surface area contributed by atoms with Crippen LogP contribution in [-0.4, -0.2) is 37.2 Å². The van der Waals surface area contributed by atoms with E-state index in [2.05, 4.69) is 81.5 Å². The van der Waals surface area contributed by atoms with Gasteiger partial charge in [0.1, 0.15) is 13.2 Å². The Hall–Kier alpha value is -2.89. The first-order valence-corrected chi connectivity index (χ1v) is 27.3. The fourth-order valence-corrected chi connectivity index (χ4v) is 7.61. The Bertz CT molecular complexity index is 1170. The molecular weight excluding hydrogens is 793 g/mol. The Balaban J connectivity index is 4.46. The van der Waals surface area contributed by atoms with Crippen LogP contribution in [0.5, 0.6) is 0 Å². The molecule has 0 fully saturated rings. The van der Waals surface area contributed by atoms with Crippen LogP contribution in [0, 0.1) is 0 Å². The molecule has 0 spiro atoms. The Morgan fingerprint density at radius 1 is 0.312 bits per heavy atom. The van der Waals surface area contributed by atoms with E-state index in [4.69, 9.17) is 14.2 Å². The molecule has 0 bridgehead atoms. The van der Waals surface area contributed by atoms with Crippen molar-refractivity contribution in [3.8, 4) is 0 Å². The van der Waals surface area contributed by atoms with Gasteiger partial charge in [0.05, 0.1) is 0 Å². The summed E-state index contributed by atoms with van der Waals surface area (Å²) in [6, 6.07) is 0. The van der Waals surface area contributed by atoms with Gasteiger partial charge in [-0.05, 0) is 83.5 Å². The third kappa shape index (κ3) is 50.1. The standard InChI is InChI=1S/C58H102O6/c1-4-7-10-13-16-19-22-25-27-29-31-33-36-39-42-45-48-51-57(60)63-54-55(53-62-56(59)50-47-44-41-38-35-32-24-21-18-15-12-9-6-3)64-58(61)52-49-46-43-40-37-34-30-28-26-23-20-17-14-11-8-5-2/h16,19,25,27-28,30-31,33,39,42,55H,4-15,17-18,20-24,26,29,32,34-38,40-41,43-54H2,1-3H3/b19-16-,27-25-,30-28-,33-31-,42-39-/t55-/m1/s1. The molecule has 6 nitrogen and oxygen atoms in total. The molecule has 0 N–H and O–H groups in total. The third-order valence-electron chi connectivity index (χ3n) is 11.7. The summed E-state index contributed by atoms with van der Waals surface area (Å²) in [5.74, 6) is -0.951. The molecule has 6 heteroatoms. The van der Waals surface area contributed by atoms with Crippen LogP contribution in [-0.2, 0) is 28.6 Å². The van der Waals surface area contributed by atoms with Gasteiger partial charge in [-0.25, -0.2) is 0 Å². The summed E-state index contributed by atoms with van der Waals surface area (Å²) in [4.78, 5) is 38.0. The van der Waals surface area contributed by atoms with Crippen LogP contribution in [0.2, 0.25) is 0 Å². The van der Waals surface area contributed by atoms with Crippen molar-refractivity contribution in [2.45, 2.75) is 277 Å². The van der Waals surface area contributed by atoms with Gasteiger partial charge in [0.25, 0.3) is 0 Å². The topological polar surface area (TPSA) is 78.9 Å². The lowest BCUT2D eigenvalue weighted by molar-refractivity contribution is -0.167. The van der Waals surface area contributed by atoms with Gasteiger partial charge in [-0.1, -0.05) is 229 Å². The molecule has 64 heavy (non-hydrogen) atoms. The normalized spacial score (nSPS) is 12.5. The van der Waals surface area contributed by atoms with E-state index in [0.29, 0.717) is 19.3 Å². The molecule has 0 amide bonds. The fraction of sp³-hybridized carbons (Fsp3) is 0.776. The minimum Gasteiger partial charge on any atom is -0.462 e. The van der Waals surface area contributed by atoms with Gasteiger partial charge in [-0.3, -0.25) is 14.4 Å². The number of carbonyl (C=O) groups excluding carboxylic acids is 3. The van der Waals surface area contributed by atoms with Gasteiger partial charge < -0.3 is 14.2 Å². The lowest BCUT2D eigenvalue weighted by Crippen LogP contribution is -2.30. The molecule has 0 unspecified atom stereocenters. The summed E-state index contributed by atoms with van der Waals surface area (Å²) in [5.41, 5.74) is 0. The largest absolute Gasteiger partial charge is 0.462 e. The first-order chi connectivity index (χ1) is 31.5. The number of hydrogen-bond acceptors (Lipinski definition) is 6. The summed E-state index contributed by atoms with van der Waals surface area (Å²) >= 11 is 0. The maximum Gasteiger partial charge on any atom is 0.306 e. The third-order valence-corrected chi connectivity index (χ3v) is 11.7. The van der Waals surface area contributed by atoms with Gasteiger partial charge in [-0.15, -0.1) is 0 Å². The number of allylic oxidation sites excluding steroid dienone is 10. The summed E-state index contributed by atoms with van der Waals surface area (Å²) in [6.07, 6.45) is 64.9. The highest BCUT2D eigenvalue weighted by Crippen LogP contribution is 2.15. The van der Waals surface area contributed by atoms with E-state index in [1.54, 1.807) is 0 Å². The Kier molecular flexibility index (Phi) is 50.4. The van der Waals surface area contributed by atoms with Crippen molar-refractivity contribution in [2.75, 3.05) is 13.2 Å². The van der Waals surface area contributed by atoms with Crippen LogP contribution in [0.15, 0.2) is 60.8 Å². The van der Waals surface area contributed by atoms with Crippen molar-refractivity contribution in [1.29, 1.82) is 0 Å². The van der Waals surface area contributed by atoms with Gasteiger partial charge in [0.15, 0.2) is 6.10 Å². The predicted octanol–water partition coefficient (Wildman–Crippen LogP) is 18.0. The van der Waals surface area contributed by atoms with Crippen molar-refractivity contribution in [1.82, 2.24) is 0 Å². The number of hydrogen-bond donors (Lipinski definition) is 0. The van der Waals surface area contributed by atoms with Crippen LogP contribution in [0.25, 0.3) is 0 Å². The van der Waals surface area contributed by atoms with E-state index in [-0.39, 0.29) is 37.5 Å². The predicted molar refractivity (Wildman–Crippen MR) is 275 cm³/mol. The zero-order valence-electron chi connectivity index (χ0n) is 42.3. The van der Waals surface area contributed by atoms with E-state index >= 15 is 0 Å². The average Bonchev–Trinajstić information content (AvgIpc) is 3.29. The van der Waals surface area contributed by atoms with Gasteiger partial charge in [0.2, 0.25) is 0 Å². The lowest BCUT2D eigenvalue weighted by atomic mass is 10.0. The summed E-state index contributed by atoms with van der Waals surface area (Å²) in [6.45, 7) is 6.57. The molecule has 0 aliphatic rings. The van der Waals surface area contributed by atoms with Crippen molar-refractivity contribution >= 4 is 17.9 Å². The lowest BCUT2D eigenvalue weighted by Gasteiger charge is -2.18. The first kappa shape index (κ1) is 61.1. The second kappa shape index (κ2) is 52.7. The zero-order valence-corrected chi connectivity index (χ0v) is 42.3. The number of unbranched alkanes of at least 4 members (excludes halogenated alkanes) is 28. The number of esters is 3. The molecule has 0 saturated heterocycles. The molecule has 370 valence electrons. The van der Waals surface area contributed by atoms with Crippen LogP contribution < -0.4 is 0 Å². The van der Waals surface area contributed by atoms with Gasteiger partial charge >= 0.3 is 17.9 Å². The zero-order chi connectivity index (χ0) is 46.5. The van der Waals surface area contributed by atoms with E-state index in [0.717, 1.165) is 77.0 Å². The fourth-order valence-electron chi connectivity index (χ4n) is 7.61. The highest BCUT2D eigenvalue weighted by atomic mass is 16.6. The summed E-state index contributed by atoms with van der Waals surface area (Å²) in [7, 11) is 0. The average molecular weight is 895 g/mol. The highest BCUT2D eigenvalue weighted by molar-refractivity contribution is 5.71. The van der Waals surface area contributed by atoms with Crippen molar-refractivity contribution < 1.29 is 28.6 Å². The van der Waals surface area contributed by atoms with Crippen molar-refractivity contribution in [2.24, 2.45) is 0 Å². The van der Waals surface area contributed by atoms with Crippen molar-refractivity contribution in [3.63, 3.8) is 0 Å². The Morgan fingerprint density at radius 3 is 0.984 bits per heavy atom. The van der Waals surface area contributed by atoms with Crippen LogP contribution in [0.4, 0.5) is 0 Å². The van der Waals surface area contributed by atoms with Crippen LogP contribution >= 0.6 is 0 Å². The second-order valence-corrected chi connectivity index (χ2v) is 18.1. The Labute approximate surface area is 396 Å². The molecule has 0 radical (unpaired) electrons.